The van der Waals surface area contributed by atoms with Gasteiger partial charge in [0.1, 0.15) is 0 Å². The molecule has 0 radical (unpaired) electrons. The van der Waals surface area contributed by atoms with Crippen molar-refractivity contribution in [3.8, 4) is 0 Å². The van der Waals surface area contributed by atoms with Gasteiger partial charge in [-0.2, -0.15) is 0 Å². The van der Waals surface area contributed by atoms with Gasteiger partial charge in [0.25, 0.3) is 0 Å². The van der Waals surface area contributed by atoms with E-state index in [1.807, 2.05) is 26.1 Å². The molecule has 0 bridgehead atoms. The molecule has 0 amide bonds. The molecule has 21 heavy (non-hydrogen) atoms. The fourth-order valence-electron chi connectivity index (χ4n) is 2.27. The van der Waals surface area contributed by atoms with E-state index in [0.717, 1.165) is 17.7 Å². The average molecular weight is 304 g/mol. The van der Waals surface area contributed by atoms with Crippen molar-refractivity contribution < 1.29 is 9.90 Å². The lowest BCUT2D eigenvalue weighted by Gasteiger charge is -2.28. The molecule has 0 saturated heterocycles. The summed E-state index contributed by atoms with van der Waals surface area (Å²) >= 11 is 1.74. The summed E-state index contributed by atoms with van der Waals surface area (Å²) in [5.41, 5.74) is 8.02. The molecule has 1 unspecified atom stereocenters. The van der Waals surface area contributed by atoms with Gasteiger partial charge < -0.3 is 15.7 Å². The van der Waals surface area contributed by atoms with Crippen LogP contribution in [0.1, 0.15) is 27.7 Å². The summed E-state index contributed by atoms with van der Waals surface area (Å²) in [5, 5.41) is 11.3. The molecule has 1 atom stereocenters. The van der Waals surface area contributed by atoms with Crippen LogP contribution < -0.4 is 10.6 Å². The highest BCUT2D eigenvalue weighted by Crippen LogP contribution is 2.27. The summed E-state index contributed by atoms with van der Waals surface area (Å²) in [7, 11) is 1.98. The molecular formula is C16H20N2O2S. The number of aromatic carboxylic acids is 1. The highest BCUT2D eigenvalue weighted by Gasteiger charge is 2.17. The minimum Gasteiger partial charge on any atom is -0.478 e. The number of carboxylic acids is 1. The van der Waals surface area contributed by atoms with Crippen molar-refractivity contribution in [3.05, 3.63) is 45.6 Å². The monoisotopic (exact) mass is 304 g/mol. The van der Waals surface area contributed by atoms with E-state index >= 15 is 0 Å². The first kappa shape index (κ1) is 15.4. The van der Waals surface area contributed by atoms with Crippen LogP contribution in [0.3, 0.4) is 0 Å². The van der Waals surface area contributed by atoms with Gasteiger partial charge in [0, 0.05) is 35.8 Å². The molecule has 0 aliphatic heterocycles. The zero-order valence-corrected chi connectivity index (χ0v) is 13.3. The number of aryl methyl sites for hydroxylation is 1. The van der Waals surface area contributed by atoms with Gasteiger partial charge in [-0.05, 0) is 43.0 Å². The van der Waals surface area contributed by atoms with Crippen LogP contribution in [0.25, 0.3) is 0 Å². The van der Waals surface area contributed by atoms with E-state index in [9.17, 15) is 9.90 Å². The van der Waals surface area contributed by atoms with Crippen molar-refractivity contribution in [3.63, 3.8) is 0 Å². The molecular weight excluding hydrogens is 284 g/mol. The second-order valence-corrected chi connectivity index (χ2v) is 6.30. The largest absolute Gasteiger partial charge is 0.478 e. The molecule has 1 aromatic heterocycles. The molecule has 5 heteroatoms. The molecule has 0 fully saturated rings. The number of nitrogens with two attached hydrogens (primary N) is 1. The number of thiophene rings is 1. The zero-order chi connectivity index (χ0) is 15.6. The molecule has 2 rings (SSSR count). The highest BCUT2D eigenvalue weighted by molar-refractivity contribution is 7.09. The van der Waals surface area contributed by atoms with Crippen LogP contribution in [0.5, 0.6) is 0 Å². The van der Waals surface area contributed by atoms with Crippen LogP contribution in [0.15, 0.2) is 29.6 Å². The Bertz CT molecular complexity index is 638. The van der Waals surface area contributed by atoms with Gasteiger partial charge in [0.2, 0.25) is 0 Å². The number of nitrogens with zero attached hydrogens (tertiary/aromatic N) is 1. The predicted octanol–water partition coefficient (Wildman–Crippen LogP) is 3.40. The van der Waals surface area contributed by atoms with Crippen molar-refractivity contribution in [1.29, 1.82) is 0 Å². The Morgan fingerprint density at radius 1 is 1.48 bits per heavy atom. The Morgan fingerprint density at radius 3 is 2.76 bits per heavy atom. The highest BCUT2D eigenvalue weighted by atomic mass is 32.1. The number of hydrogen-bond acceptors (Lipinski definition) is 4. The fraction of sp³-hybridized carbons (Fsp3) is 0.312. The lowest BCUT2D eigenvalue weighted by Crippen LogP contribution is -2.30. The summed E-state index contributed by atoms with van der Waals surface area (Å²) in [4.78, 5) is 14.7. The third kappa shape index (κ3) is 3.36. The van der Waals surface area contributed by atoms with Crippen LogP contribution in [-0.4, -0.2) is 24.2 Å². The van der Waals surface area contributed by atoms with Gasteiger partial charge in [-0.25, -0.2) is 4.79 Å². The number of carbonyl (C=O) groups is 1. The quantitative estimate of drug-likeness (QED) is 0.831. The molecule has 3 N–H and O–H groups in total. The molecule has 0 aliphatic carbocycles. The molecule has 1 aromatic carbocycles. The second kappa shape index (κ2) is 6.18. The molecule has 1 heterocycles. The van der Waals surface area contributed by atoms with Crippen LogP contribution in [-0.2, 0) is 6.42 Å². The van der Waals surface area contributed by atoms with Gasteiger partial charge in [-0.15, -0.1) is 11.3 Å². The Labute approximate surface area is 128 Å². The molecule has 2 aromatic rings. The maximum Gasteiger partial charge on any atom is 0.337 e. The molecule has 4 nitrogen and oxygen atoms in total. The number of likely N-dealkylation sites (N-methyl/N-ethyl adjacent to an activating group) is 1. The van der Waals surface area contributed by atoms with Gasteiger partial charge in [-0.1, -0.05) is 6.07 Å². The van der Waals surface area contributed by atoms with Crippen molar-refractivity contribution in [2.75, 3.05) is 17.7 Å². The number of benzene rings is 1. The van der Waals surface area contributed by atoms with Crippen molar-refractivity contribution in [2.45, 2.75) is 26.3 Å². The maximum atomic E-state index is 11.3. The van der Waals surface area contributed by atoms with E-state index in [2.05, 4.69) is 23.3 Å². The Balaban J connectivity index is 2.26. The van der Waals surface area contributed by atoms with Gasteiger partial charge in [0.05, 0.1) is 5.56 Å². The second-order valence-electron chi connectivity index (χ2n) is 5.27. The number of anilines is 2. The van der Waals surface area contributed by atoms with Crippen molar-refractivity contribution in [2.24, 2.45) is 0 Å². The van der Waals surface area contributed by atoms with Crippen LogP contribution in [0.4, 0.5) is 11.4 Å². The van der Waals surface area contributed by atoms with E-state index in [4.69, 9.17) is 5.73 Å². The first-order chi connectivity index (χ1) is 9.90. The molecule has 0 aliphatic rings. The fourth-order valence-corrected chi connectivity index (χ4v) is 3.10. The van der Waals surface area contributed by atoms with Gasteiger partial charge in [-0.3, -0.25) is 0 Å². The van der Waals surface area contributed by atoms with E-state index in [1.165, 1.54) is 4.88 Å². The SMILES string of the molecule is Cc1cc(N(C)C(C)Cc2cccs2)cc(C(=O)O)c1N. The molecule has 0 spiro atoms. The topological polar surface area (TPSA) is 66.6 Å². The van der Waals surface area contributed by atoms with Crippen LogP contribution >= 0.6 is 11.3 Å². The smallest absolute Gasteiger partial charge is 0.337 e. The average Bonchev–Trinajstić information content (AvgIpc) is 2.93. The van der Waals surface area contributed by atoms with E-state index < -0.39 is 5.97 Å². The minimum absolute atomic E-state index is 0.167. The van der Waals surface area contributed by atoms with Gasteiger partial charge >= 0.3 is 5.97 Å². The van der Waals surface area contributed by atoms with E-state index in [0.29, 0.717) is 5.69 Å². The summed E-state index contributed by atoms with van der Waals surface area (Å²) in [6.07, 6.45) is 0.931. The van der Waals surface area contributed by atoms with Crippen molar-refractivity contribution in [1.82, 2.24) is 0 Å². The zero-order valence-electron chi connectivity index (χ0n) is 12.5. The summed E-state index contributed by atoms with van der Waals surface area (Å²) < 4.78 is 0. The number of rotatable bonds is 5. The lowest BCUT2D eigenvalue weighted by atomic mass is 10.0. The lowest BCUT2D eigenvalue weighted by molar-refractivity contribution is 0.0698. The number of carboxylic acid groups (broad SMARTS) is 1. The van der Waals surface area contributed by atoms with Crippen molar-refractivity contribution >= 4 is 28.7 Å². The Kier molecular flexibility index (Phi) is 4.53. The predicted molar refractivity (Wildman–Crippen MR) is 88.4 cm³/mol. The first-order valence-corrected chi connectivity index (χ1v) is 7.66. The van der Waals surface area contributed by atoms with E-state index in [1.54, 1.807) is 17.4 Å². The standard InChI is InChI=1S/C16H20N2O2S/c1-10-7-12(9-14(15(10)17)16(19)20)18(3)11(2)8-13-5-4-6-21-13/h4-7,9,11H,8,17H2,1-3H3,(H,19,20). The van der Waals surface area contributed by atoms with Crippen LogP contribution in [0, 0.1) is 6.92 Å². The maximum absolute atomic E-state index is 11.3. The Hall–Kier alpha value is -2.01. The van der Waals surface area contributed by atoms with Gasteiger partial charge in [0.15, 0.2) is 0 Å². The summed E-state index contributed by atoms with van der Waals surface area (Å²) in [6.45, 7) is 3.97. The normalized spacial score (nSPS) is 12.1. The van der Waals surface area contributed by atoms with E-state index in [-0.39, 0.29) is 11.6 Å². The third-order valence-electron chi connectivity index (χ3n) is 3.75. The first-order valence-electron chi connectivity index (χ1n) is 6.78. The minimum atomic E-state index is -0.989. The van der Waals surface area contributed by atoms with Crippen LogP contribution in [0.2, 0.25) is 0 Å². The third-order valence-corrected chi connectivity index (χ3v) is 4.65. The summed E-state index contributed by atoms with van der Waals surface area (Å²) in [5.74, 6) is -0.989. The molecule has 0 saturated carbocycles. The number of hydrogen-bond donors (Lipinski definition) is 2. The number of nitrogen functional groups attached to an aromatic ring is 1. The molecule has 112 valence electrons. The summed E-state index contributed by atoms with van der Waals surface area (Å²) in [6, 6.07) is 8.02. The Morgan fingerprint density at radius 2 is 2.19 bits per heavy atom.